The standard InChI is InChI=1S/C11H21N3O2S/c1-9(2)7-13-10(12)14-8-11(5-4-6-11)17(3,15)16/h1,4-8H2,2-3H3,(H3,12,13,14). The number of guanidine groups is 1. The summed E-state index contributed by atoms with van der Waals surface area (Å²) in [5.41, 5.74) is 6.60. The molecule has 0 spiro atoms. The summed E-state index contributed by atoms with van der Waals surface area (Å²) < 4.78 is 22.7. The number of hydrogen-bond acceptors (Lipinski definition) is 3. The number of nitrogens with two attached hydrogens (primary N) is 1. The minimum atomic E-state index is -3.06. The number of nitrogens with zero attached hydrogens (tertiary/aromatic N) is 1. The quantitative estimate of drug-likeness (QED) is 0.426. The zero-order valence-corrected chi connectivity index (χ0v) is 11.3. The molecule has 98 valence electrons. The van der Waals surface area contributed by atoms with E-state index in [-0.39, 0.29) is 12.5 Å². The summed E-state index contributed by atoms with van der Waals surface area (Å²) in [6.07, 6.45) is 3.59. The molecule has 5 nitrogen and oxygen atoms in total. The number of aliphatic imine (C=N–C) groups is 1. The number of rotatable bonds is 5. The molecule has 1 fully saturated rings. The first-order valence-electron chi connectivity index (χ1n) is 5.65. The van der Waals surface area contributed by atoms with Crippen molar-refractivity contribution >= 4 is 15.8 Å². The molecule has 0 aromatic rings. The molecule has 0 saturated heterocycles. The van der Waals surface area contributed by atoms with Crippen molar-refractivity contribution in [2.45, 2.75) is 30.9 Å². The van der Waals surface area contributed by atoms with Crippen molar-refractivity contribution in [3.05, 3.63) is 12.2 Å². The SMILES string of the molecule is C=C(C)CNC(N)=NCC1(S(C)(=O)=O)CCC1. The van der Waals surface area contributed by atoms with Crippen LogP contribution in [0.2, 0.25) is 0 Å². The highest BCUT2D eigenvalue weighted by atomic mass is 32.2. The van der Waals surface area contributed by atoms with Gasteiger partial charge in [0, 0.05) is 12.8 Å². The van der Waals surface area contributed by atoms with Crippen molar-refractivity contribution in [2.75, 3.05) is 19.3 Å². The van der Waals surface area contributed by atoms with E-state index in [1.807, 2.05) is 6.92 Å². The maximum atomic E-state index is 11.7. The largest absolute Gasteiger partial charge is 0.370 e. The van der Waals surface area contributed by atoms with Crippen LogP contribution in [0.1, 0.15) is 26.2 Å². The topological polar surface area (TPSA) is 84.5 Å². The molecular formula is C11H21N3O2S. The molecule has 0 atom stereocenters. The first-order chi connectivity index (χ1) is 7.77. The van der Waals surface area contributed by atoms with Gasteiger partial charge in [0.25, 0.3) is 0 Å². The van der Waals surface area contributed by atoms with Gasteiger partial charge < -0.3 is 11.1 Å². The average Bonchev–Trinajstić information content (AvgIpc) is 2.10. The lowest BCUT2D eigenvalue weighted by Gasteiger charge is -2.38. The van der Waals surface area contributed by atoms with Crippen LogP contribution in [0.4, 0.5) is 0 Å². The maximum Gasteiger partial charge on any atom is 0.188 e. The van der Waals surface area contributed by atoms with E-state index in [2.05, 4.69) is 16.9 Å². The highest BCUT2D eigenvalue weighted by Gasteiger charge is 2.46. The Labute approximate surface area is 103 Å². The molecule has 1 rings (SSSR count). The third-order valence-corrected chi connectivity index (χ3v) is 5.27. The molecule has 0 radical (unpaired) electrons. The third kappa shape index (κ3) is 3.46. The van der Waals surface area contributed by atoms with Gasteiger partial charge in [0.1, 0.15) is 0 Å². The second kappa shape index (κ2) is 5.08. The average molecular weight is 259 g/mol. The fraction of sp³-hybridized carbons (Fsp3) is 0.727. The lowest BCUT2D eigenvalue weighted by Crippen LogP contribution is -2.48. The van der Waals surface area contributed by atoms with Crippen molar-refractivity contribution in [3.8, 4) is 0 Å². The lowest BCUT2D eigenvalue weighted by atomic mass is 9.84. The summed E-state index contributed by atoms with van der Waals surface area (Å²) in [7, 11) is -3.06. The zero-order chi connectivity index (χ0) is 13.1. The molecule has 0 aromatic carbocycles. The van der Waals surface area contributed by atoms with Crippen LogP contribution in [0.3, 0.4) is 0 Å². The Bertz CT molecular complexity index is 422. The summed E-state index contributed by atoms with van der Waals surface area (Å²) in [6, 6.07) is 0. The predicted molar refractivity (Wildman–Crippen MR) is 70.7 cm³/mol. The predicted octanol–water partition coefficient (Wildman–Crippen LogP) is 0.434. The summed E-state index contributed by atoms with van der Waals surface area (Å²) in [5.74, 6) is 0.280. The van der Waals surface area contributed by atoms with Gasteiger partial charge >= 0.3 is 0 Å². The van der Waals surface area contributed by atoms with Gasteiger partial charge in [0.15, 0.2) is 15.8 Å². The van der Waals surface area contributed by atoms with Crippen LogP contribution in [0.25, 0.3) is 0 Å². The Morgan fingerprint density at radius 1 is 1.53 bits per heavy atom. The van der Waals surface area contributed by atoms with E-state index in [1.54, 1.807) is 0 Å². The van der Waals surface area contributed by atoms with Gasteiger partial charge in [0.2, 0.25) is 0 Å². The highest BCUT2D eigenvalue weighted by molar-refractivity contribution is 7.92. The normalized spacial score (nSPS) is 19.5. The van der Waals surface area contributed by atoms with Crippen molar-refractivity contribution in [1.82, 2.24) is 5.32 Å². The fourth-order valence-corrected chi connectivity index (χ4v) is 3.07. The van der Waals surface area contributed by atoms with E-state index in [1.165, 1.54) is 6.26 Å². The van der Waals surface area contributed by atoms with Crippen LogP contribution in [0, 0.1) is 0 Å². The molecule has 0 aromatic heterocycles. The van der Waals surface area contributed by atoms with Crippen LogP contribution < -0.4 is 11.1 Å². The van der Waals surface area contributed by atoms with Crippen LogP contribution in [0.15, 0.2) is 17.1 Å². The van der Waals surface area contributed by atoms with Gasteiger partial charge in [-0.1, -0.05) is 18.6 Å². The Balaban J connectivity index is 2.59. The van der Waals surface area contributed by atoms with E-state index in [4.69, 9.17) is 5.73 Å². The third-order valence-electron chi connectivity index (χ3n) is 3.16. The highest BCUT2D eigenvalue weighted by Crippen LogP contribution is 2.39. The summed E-state index contributed by atoms with van der Waals surface area (Å²) >= 11 is 0. The Hall–Kier alpha value is -1.04. The van der Waals surface area contributed by atoms with E-state index < -0.39 is 14.6 Å². The van der Waals surface area contributed by atoms with Gasteiger partial charge in [-0.15, -0.1) is 0 Å². The van der Waals surface area contributed by atoms with Crippen molar-refractivity contribution in [1.29, 1.82) is 0 Å². The molecule has 0 heterocycles. The van der Waals surface area contributed by atoms with E-state index in [0.717, 1.165) is 12.0 Å². The summed E-state index contributed by atoms with van der Waals surface area (Å²) in [5, 5.41) is 2.89. The second-order valence-electron chi connectivity index (χ2n) is 4.82. The van der Waals surface area contributed by atoms with Crippen LogP contribution in [0.5, 0.6) is 0 Å². The molecule has 17 heavy (non-hydrogen) atoms. The first-order valence-corrected chi connectivity index (χ1v) is 7.54. The summed E-state index contributed by atoms with van der Waals surface area (Å²) in [6.45, 7) is 6.42. The van der Waals surface area contributed by atoms with Crippen molar-refractivity contribution in [3.63, 3.8) is 0 Å². The van der Waals surface area contributed by atoms with E-state index in [9.17, 15) is 8.42 Å². The van der Waals surface area contributed by atoms with Crippen LogP contribution >= 0.6 is 0 Å². The zero-order valence-electron chi connectivity index (χ0n) is 10.5. The van der Waals surface area contributed by atoms with Crippen molar-refractivity contribution < 1.29 is 8.42 Å². The molecular weight excluding hydrogens is 238 g/mol. The molecule has 1 aliphatic carbocycles. The number of nitrogens with one attached hydrogen (secondary N) is 1. The molecule has 0 amide bonds. The monoisotopic (exact) mass is 259 g/mol. The van der Waals surface area contributed by atoms with Gasteiger partial charge in [0.05, 0.1) is 11.3 Å². The molecule has 0 bridgehead atoms. The van der Waals surface area contributed by atoms with Gasteiger partial charge in [-0.3, -0.25) is 4.99 Å². The maximum absolute atomic E-state index is 11.7. The fourth-order valence-electron chi connectivity index (χ4n) is 1.74. The minimum Gasteiger partial charge on any atom is -0.370 e. The molecule has 3 N–H and O–H groups in total. The summed E-state index contributed by atoms with van der Waals surface area (Å²) in [4.78, 5) is 4.12. The van der Waals surface area contributed by atoms with Gasteiger partial charge in [-0.25, -0.2) is 8.42 Å². The molecule has 1 saturated carbocycles. The van der Waals surface area contributed by atoms with Crippen molar-refractivity contribution in [2.24, 2.45) is 10.7 Å². The number of sulfone groups is 1. The van der Waals surface area contributed by atoms with Crippen LogP contribution in [-0.4, -0.2) is 38.5 Å². The van der Waals surface area contributed by atoms with Gasteiger partial charge in [-0.2, -0.15) is 0 Å². The van der Waals surface area contributed by atoms with E-state index in [0.29, 0.717) is 19.4 Å². The Kier molecular flexibility index (Phi) is 4.19. The Morgan fingerprint density at radius 3 is 2.47 bits per heavy atom. The van der Waals surface area contributed by atoms with Crippen LogP contribution in [-0.2, 0) is 9.84 Å². The lowest BCUT2D eigenvalue weighted by molar-refractivity contribution is 0.346. The molecule has 1 aliphatic rings. The Morgan fingerprint density at radius 2 is 2.12 bits per heavy atom. The van der Waals surface area contributed by atoms with E-state index >= 15 is 0 Å². The first kappa shape index (κ1) is 14.0. The van der Waals surface area contributed by atoms with Gasteiger partial charge in [-0.05, 0) is 19.8 Å². The molecule has 6 heteroatoms. The second-order valence-corrected chi connectivity index (χ2v) is 7.23. The molecule has 0 unspecified atom stereocenters. The smallest absolute Gasteiger partial charge is 0.188 e. The molecule has 0 aliphatic heterocycles. The minimum absolute atomic E-state index is 0.251. The number of hydrogen-bond donors (Lipinski definition) is 2.